The first kappa shape index (κ1) is 11.5. The number of amides is 1. The molecule has 0 fully saturated rings. The van der Waals surface area contributed by atoms with Gasteiger partial charge in [-0.15, -0.1) is 0 Å². The van der Waals surface area contributed by atoms with Gasteiger partial charge in [0.2, 0.25) is 0 Å². The maximum Gasteiger partial charge on any atom is 0.265 e. The molecule has 1 aromatic rings. The first-order chi connectivity index (χ1) is 7.61. The lowest BCUT2D eigenvalue weighted by atomic mass is 10.2. The number of hydrogen-bond donors (Lipinski definition) is 2. The number of anilines is 1. The summed E-state index contributed by atoms with van der Waals surface area (Å²) in [5.74, 6) is 0.0870. The maximum absolute atomic E-state index is 11.5. The van der Waals surface area contributed by atoms with Gasteiger partial charge in [0, 0.05) is 18.1 Å². The van der Waals surface area contributed by atoms with Gasteiger partial charge in [0.15, 0.2) is 11.9 Å². The number of halogens is 2. The number of hydrogen-bond acceptors (Lipinski definition) is 3. The summed E-state index contributed by atoms with van der Waals surface area (Å²) in [4.78, 5) is 11.5. The lowest BCUT2D eigenvalue weighted by molar-refractivity contribution is -0.124. The summed E-state index contributed by atoms with van der Waals surface area (Å²) < 4.78 is 5.41. The van der Waals surface area contributed by atoms with Gasteiger partial charge in [-0.25, -0.2) is 0 Å². The lowest BCUT2D eigenvalue weighted by Gasteiger charge is -2.26. The molecule has 0 aromatic heterocycles. The van der Waals surface area contributed by atoms with Crippen molar-refractivity contribution in [2.45, 2.75) is 12.5 Å². The zero-order chi connectivity index (χ0) is 11.7. The minimum absolute atomic E-state index is 0.126. The Bertz CT molecular complexity index is 436. The van der Waals surface area contributed by atoms with Crippen molar-refractivity contribution in [2.24, 2.45) is 0 Å². The molecule has 1 aliphatic heterocycles. The third-order valence-electron chi connectivity index (χ3n) is 2.21. The van der Waals surface area contributed by atoms with Crippen molar-refractivity contribution in [3.8, 4) is 5.75 Å². The molecule has 0 aliphatic carbocycles. The lowest BCUT2D eigenvalue weighted by Crippen LogP contribution is -2.37. The molecule has 86 valence electrons. The second kappa shape index (κ2) is 4.49. The molecule has 0 radical (unpaired) electrons. The average Bonchev–Trinajstić information content (AvgIpc) is 2.20. The minimum Gasteiger partial charge on any atom is -0.477 e. The van der Waals surface area contributed by atoms with E-state index in [2.05, 4.69) is 5.32 Å². The number of rotatable bonds is 2. The second-order valence-corrected chi connectivity index (χ2v) is 4.22. The van der Waals surface area contributed by atoms with Gasteiger partial charge in [-0.2, -0.15) is 0 Å². The zero-order valence-electron chi connectivity index (χ0n) is 8.17. The summed E-state index contributed by atoms with van der Waals surface area (Å²) in [7, 11) is 0. The number of ether oxygens (including phenoxy) is 1. The van der Waals surface area contributed by atoms with Gasteiger partial charge in [-0.3, -0.25) is 4.79 Å². The van der Waals surface area contributed by atoms with Crippen LogP contribution in [0.15, 0.2) is 12.1 Å². The van der Waals surface area contributed by atoms with Crippen molar-refractivity contribution in [1.82, 2.24) is 0 Å². The van der Waals surface area contributed by atoms with E-state index in [1.54, 1.807) is 6.07 Å². The fourth-order valence-electron chi connectivity index (χ4n) is 1.49. The number of benzene rings is 1. The average molecular weight is 262 g/mol. The van der Waals surface area contributed by atoms with Crippen LogP contribution in [0.2, 0.25) is 10.0 Å². The Balaban J connectivity index is 2.35. The summed E-state index contributed by atoms with van der Waals surface area (Å²) >= 11 is 11.7. The normalized spacial score (nSPS) is 18.7. The van der Waals surface area contributed by atoms with Crippen LogP contribution in [0.3, 0.4) is 0 Å². The Morgan fingerprint density at radius 1 is 1.44 bits per heavy atom. The van der Waals surface area contributed by atoms with E-state index in [0.717, 1.165) is 0 Å². The smallest absolute Gasteiger partial charge is 0.265 e. The quantitative estimate of drug-likeness (QED) is 0.857. The number of fused-ring (bicyclic) bond motifs is 1. The first-order valence-corrected chi connectivity index (χ1v) is 5.45. The molecular formula is C10H9Cl2NO3. The summed E-state index contributed by atoms with van der Waals surface area (Å²) in [6, 6.07) is 3.10. The molecule has 16 heavy (non-hydrogen) atoms. The van der Waals surface area contributed by atoms with Crippen molar-refractivity contribution in [1.29, 1.82) is 0 Å². The van der Waals surface area contributed by atoms with Crippen LogP contribution < -0.4 is 10.1 Å². The van der Waals surface area contributed by atoms with Crippen LogP contribution in [-0.4, -0.2) is 23.7 Å². The van der Waals surface area contributed by atoms with E-state index in [1.807, 2.05) is 0 Å². The number of carbonyl (C=O) groups is 1. The summed E-state index contributed by atoms with van der Waals surface area (Å²) in [6.07, 6.45) is -0.485. The molecule has 0 bridgehead atoms. The molecule has 1 unspecified atom stereocenters. The van der Waals surface area contributed by atoms with Crippen molar-refractivity contribution in [2.75, 3.05) is 11.9 Å². The Morgan fingerprint density at radius 3 is 2.88 bits per heavy atom. The molecule has 1 heterocycles. The molecule has 1 aromatic carbocycles. The van der Waals surface area contributed by atoms with Gasteiger partial charge in [0.05, 0.1) is 10.7 Å². The van der Waals surface area contributed by atoms with Crippen LogP contribution in [0.1, 0.15) is 6.42 Å². The molecule has 1 atom stereocenters. The largest absolute Gasteiger partial charge is 0.477 e. The monoisotopic (exact) mass is 261 g/mol. The van der Waals surface area contributed by atoms with Gasteiger partial charge < -0.3 is 15.2 Å². The van der Waals surface area contributed by atoms with Crippen molar-refractivity contribution in [3.05, 3.63) is 22.2 Å². The fourth-order valence-corrected chi connectivity index (χ4v) is 2.03. The third-order valence-corrected chi connectivity index (χ3v) is 2.71. The van der Waals surface area contributed by atoms with Crippen molar-refractivity contribution >= 4 is 34.8 Å². The van der Waals surface area contributed by atoms with Crippen molar-refractivity contribution in [3.63, 3.8) is 0 Å². The predicted molar refractivity (Wildman–Crippen MR) is 61.2 cm³/mol. The number of nitrogens with one attached hydrogen (secondary N) is 1. The fraction of sp³-hybridized carbons (Fsp3) is 0.300. The van der Waals surface area contributed by atoms with E-state index in [4.69, 9.17) is 33.0 Å². The molecular weight excluding hydrogens is 253 g/mol. The van der Waals surface area contributed by atoms with Gasteiger partial charge in [-0.1, -0.05) is 23.2 Å². The van der Waals surface area contributed by atoms with Crippen LogP contribution in [0.25, 0.3) is 0 Å². The van der Waals surface area contributed by atoms with E-state index >= 15 is 0 Å². The van der Waals surface area contributed by atoms with E-state index < -0.39 is 6.10 Å². The Kier molecular flexibility index (Phi) is 3.23. The van der Waals surface area contributed by atoms with E-state index in [1.165, 1.54) is 6.07 Å². The first-order valence-electron chi connectivity index (χ1n) is 4.69. The third kappa shape index (κ3) is 2.09. The highest BCUT2D eigenvalue weighted by atomic mass is 35.5. The Labute approximate surface area is 102 Å². The highest BCUT2D eigenvalue weighted by Crippen LogP contribution is 2.39. The molecule has 0 saturated carbocycles. The number of carbonyl (C=O) groups excluding carboxylic acids is 1. The number of aliphatic hydroxyl groups excluding tert-OH is 1. The number of aliphatic hydroxyl groups is 1. The second-order valence-electron chi connectivity index (χ2n) is 3.37. The van der Waals surface area contributed by atoms with Crippen LogP contribution >= 0.6 is 23.2 Å². The van der Waals surface area contributed by atoms with E-state index in [9.17, 15) is 4.79 Å². The Morgan fingerprint density at radius 2 is 2.19 bits per heavy atom. The topological polar surface area (TPSA) is 58.6 Å². The summed E-state index contributed by atoms with van der Waals surface area (Å²) in [6.45, 7) is -0.126. The van der Waals surface area contributed by atoms with Crippen LogP contribution in [0.4, 0.5) is 5.69 Å². The zero-order valence-corrected chi connectivity index (χ0v) is 9.68. The molecule has 2 rings (SSSR count). The van der Waals surface area contributed by atoms with Gasteiger partial charge >= 0.3 is 0 Å². The van der Waals surface area contributed by atoms with Gasteiger partial charge in [0.1, 0.15) is 0 Å². The summed E-state index contributed by atoms with van der Waals surface area (Å²) in [5, 5.41) is 12.2. The SMILES string of the molecule is O=C1Nc2cc(Cl)cc(Cl)c2OC1CCO. The van der Waals surface area contributed by atoms with Crippen LogP contribution in [0.5, 0.6) is 5.75 Å². The van der Waals surface area contributed by atoms with Gasteiger partial charge in [0.25, 0.3) is 5.91 Å². The minimum atomic E-state index is -0.712. The molecule has 1 amide bonds. The molecule has 2 N–H and O–H groups in total. The van der Waals surface area contributed by atoms with E-state index in [0.29, 0.717) is 21.5 Å². The molecule has 0 saturated heterocycles. The Hall–Kier alpha value is -0.970. The standard InChI is InChI=1S/C10H9Cl2NO3/c11-5-3-6(12)9-7(4-5)13-10(15)8(16-9)1-2-14/h3-4,8,14H,1-2H2,(H,13,15). The van der Waals surface area contributed by atoms with Crippen molar-refractivity contribution < 1.29 is 14.6 Å². The highest BCUT2D eigenvalue weighted by molar-refractivity contribution is 6.36. The predicted octanol–water partition coefficient (Wildman–Crippen LogP) is 2.08. The summed E-state index contributed by atoms with van der Waals surface area (Å²) in [5.41, 5.74) is 0.455. The maximum atomic E-state index is 11.5. The van der Waals surface area contributed by atoms with Gasteiger partial charge in [-0.05, 0) is 12.1 Å². The molecule has 0 spiro atoms. The van der Waals surface area contributed by atoms with Crippen LogP contribution in [-0.2, 0) is 4.79 Å². The highest BCUT2D eigenvalue weighted by Gasteiger charge is 2.28. The molecule has 4 nitrogen and oxygen atoms in total. The molecule has 1 aliphatic rings. The van der Waals surface area contributed by atoms with Crippen LogP contribution in [0, 0.1) is 0 Å². The van der Waals surface area contributed by atoms with E-state index in [-0.39, 0.29) is 18.9 Å². The molecule has 6 heteroatoms.